The van der Waals surface area contributed by atoms with Crippen molar-refractivity contribution >= 4 is 0 Å². The zero-order valence-electron chi connectivity index (χ0n) is 15.5. The number of aromatic hydroxyl groups is 1. The van der Waals surface area contributed by atoms with E-state index >= 15 is 0 Å². The second-order valence-electron chi connectivity index (χ2n) is 7.32. The van der Waals surface area contributed by atoms with Crippen molar-refractivity contribution in [1.29, 1.82) is 0 Å². The summed E-state index contributed by atoms with van der Waals surface area (Å²) in [6.07, 6.45) is 8.27. The largest absolute Gasteiger partial charge is 0.508 e. The van der Waals surface area contributed by atoms with Crippen LogP contribution in [0.2, 0.25) is 0 Å². The highest BCUT2D eigenvalue weighted by molar-refractivity contribution is 5.36. The third-order valence-electron chi connectivity index (χ3n) is 5.35. The molecule has 0 amide bonds. The van der Waals surface area contributed by atoms with E-state index in [1.165, 1.54) is 36.0 Å². The maximum Gasteiger partial charge on any atom is 0.120 e. The van der Waals surface area contributed by atoms with Crippen molar-refractivity contribution in [3.05, 3.63) is 64.7 Å². The fraction of sp³-hybridized carbons (Fsp3) is 0.478. The van der Waals surface area contributed by atoms with Gasteiger partial charge in [0.05, 0.1) is 0 Å². The summed E-state index contributed by atoms with van der Waals surface area (Å²) in [7, 11) is 0. The second kappa shape index (κ2) is 9.05. The van der Waals surface area contributed by atoms with E-state index in [2.05, 4.69) is 48.2 Å². The van der Waals surface area contributed by atoms with E-state index in [0.717, 1.165) is 50.9 Å². The topological polar surface area (TPSA) is 23.5 Å². The highest BCUT2D eigenvalue weighted by Gasteiger charge is 2.12. The number of hydrogen-bond acceptors (Lipinski definition) is 2. The van der Waals surface area contributed by atoms with Gasteiger partial charge in [0.2, 0.25) is 0 Å². The molecule has 2 aromatic carbocycles. The maximum atomic E-state index is 10.4. The van der Waals surface area contributed by atoms with Gasteiger partial charge in [-0.3, -0.25) is 4.90 Å². The number of phenols is 1. The van der Waals surface area contributed by atoms with Crippen LogP contribution >= 0.6 is 0 Å². The van der Waals surface area contributed by atoms with Gasteiger partial charge in [0.25, 0.3) is 0 Å². The van der Waals surface area contributed by atoms with Crippen LogP contribution in [-0.4, -0.2) is 23.1 Å². The summed E-state index contributed by atoms with van der Waals surface area (Å²) >= 11 is 0. The highest BCUT2D eigenvalue weighted by Crippen LogP contribution is 2.23. The van der Waals surface area contributed by atoms with Crippen LogP contribution in [0.25, 0.3) is 0 Å². The van der Waals surface area contributed by atoms with Crippen molar-refractivity contribution in [2.45, 2.75) is 58.4 Å². The van der Waals surface area contributed by atoms with Crippen molar-refractivity contribution in [2.75, 3.05) is 13.1 Å². The summed E-state index contributed by atoms with van der Waals surface area (Å²) in [5, 5.41) is 10.4. The fourth-order valence-corrected chi connectivity index (χ4v) is 3.70. The van der Waals surface area contributed by atoms with Gasteiger partial charge in [0.15, 0.2) is 0 Å². The Hall–Kier alpha value is -1.80. The van der Waals surface area contributed by atoms with E-state index in [-0.39, 0.29) is 0 Å². The van der Waals surface area contributed by atoms with Gasteiger partial charge in [-0.15, -0.1) is 0 Å². The second-order valence-corrected chi connectivity index (χ2v) is 7.32. The van der Waals surface area contributed by atoms with E-state index in [9.17, 15) is 5.11 Å². The Morgan fingerprint density at radius 2 is 1.48 bits per heavy atom. The summed E-state index contributed by atoms with van der Waals surface area (Å²) in [5.41, 5.74) is 5.12. The van der Waals surface area contributed by atoms with Crippen LogP contribution in [0.15, 0.2) is 42.5 Å². The molecule has 134 valence electrons. The van der Waals surface area contributed by atoms with Gasteiger partial charge in [-0.2, -0.15) is 0 Å². The molecule has 1 saturated heterocycles. The van der Waals surface area contributed by atoms with Crippen LogP contribution in [-0.2, 0) is 25.8 Å². The summed E-state index contributed by atoms with van der Waals surface area (Å²) in [6, 6.07) is 15.2. The fourth-order valence-electron chi connectivity index (χ4n) is 3.70. The summed E-state index contributed by atoms with van der Waals surface area (Å²) in [6.45, 7) is 5.41. The molecule has 0 atom stereocenters. The van der Waals surface area contributed by atoms with Crippen molar-refractivity contribution in [1.82, 2.24) is 4.90 Å². The maximum absolute atomic E-state index is 10.4. The molecule has 0 bridgehead atoms. The molecule has 1 aliphatic rings. The number of nitrogens with zero attached hydrogens (tertiary/aromatic N) is 1. The van der Waals surface area contributed by atoms with Gasteiger partial charge < -0.3 is 5.11 Å². The molecule has 0 spiro atoms. The number of phenolic OH excluding ortho intramolecular Hbond substituents is 1. The lowest BCUT2D eigenvalue weighted by Crippen LogP contribution is -2.29. The molecule has 2 heteroatoms. The van der Waals surface area contributed by atoms with Crippen LogP contribution in [0.3, 0.4) is 0 Å². The number of hydrogen-bond donors (Lipinski definition) is 1. The monoisotopic (exact) mass is 337 g/mol. The standard InChI is InChI=1S/C23H31NO/c1-2-19-9-11-20(12-10-19)7-6-8-21-13-14-22(23(25)17-21)18-24-15-4-3-5-16-24/h9-14,17,25H,2-8,15-16,18H2,1H3. The van der Waals surface area contributed by atoms with E-state index in [1.54, 1.807) is 0 Å². The summed E-state index contributed by atoms with van der Waals surface area (Å²) in [5.74, 6) is 0.468. The first-order valence-corrected chi connectivity index (χ1v) is 9.85. The molecule has 0 aromatic heterocycles. The normalized spacial score (nSPS) is 15.4. The summed E-state index contributed by atoms with van der Waals surface area (Å²) in [4.78, 5) is 2.46. The molecule has 0 aliphatic carbocycles. The zero-order chi connectivity index (χ0) is 17.5. The Labute approximate surface area is 152 Å². The lowest BCUT2D eigenvalue weighted by molar-refractivity contribution is 0.218. The smallest absolute Gasteiger partial charge is 0.120 e. The number of rotatable bonds is 7. The molecule has 0 unspecified atom stereocenters. The first-order chi connectivity index (χ1) is 12.2. The average Bonchev–Trinajstić information content (AvgIpc) is 2.65. The van der Waals surface area contributed by atoms with E-state index in [1.807, 2.05) is 6.07 Å². The van der Waals surface area contributed by atoms with Crippen molar-refractivity contribution in [3.8, 4) is 5.75 Å². The van der Waals surface area contributed by atoms with Crippen molar-refractivity contribution in [3.63, 3.8) is 0 Å². The van der Waals surface area contributed by atoms with Crippen molar-refractivity contribution < 1.29 is 5.11 Å². The van der Waals surface area contributed by atoms with Crippen LogP contribution in [0.4, 0.5) is 0 Å². The molecule has 2 nitrogen and oxygen atoms in total. The van der Waals surface area contributed by atoms with Crippen LogP contribution in [0.5, 0.6) is 5.75 Å². The number of piperidine rings is 1. The lowest BCUT2D eigenvalue weighted by atomic mass is 10.0. The Balaban J connectivity index is 1.49. The Bertz CT molecular complexity index is 656. The molecular weight excluding hydrogens is 306 g/mol. The highest BCUT2D eigenvalue weighted by atomic mass is 16.3. The van der Waals surface area contributed by atoms with E-state index in [0.29, 0.717) is 5.75 Å². The molecule has 1 aliphatic heterocycles. The molecule has 3 rings (SSSR count). The van der Waals surface area contributed by atoms with Crippen LogP contribution < -0.4 is 0 Å². The SMILES string of the molecule is CCc1ccc(CCCc2ccc(CN3CCCCC3)c(O)c2)cc1. The van der Waals surface area contributed by atoms with Crippen molar-refractivity contribution in [2.24, 2.45) is 0 Å². The third kappa shape index (κ3) is 5.34. The molecule has 1 fully saturated rings. The molecule has 0 saturated carbocycles. The van der Waals surface area contributed by atoms with Gasteiger partial charge >= 0.3 is 0 Å². The Morgan fingerprint density at radius 1 is 0.840 bits per heavy atom. The lowest BCUT2D eigenvalue weighted by Gasteiger charge is -2.26. The predicted molar refractivity (Wildman–Crippen MR) is 105 cm³/mol. The Kier molecular flexibility index (Phi) is 6.52. The number of likely N-dealkylation sites (tertiary alicyclic amines) is 1. The molecule has 1 N–H and O–H groups in total. The van der Waals surface area contributed by atoms with Gasteiger partial charge in [-0.05, 0) is 74.4 Å². The minimum atomic E-state index is 0.468. The quantitative estimate of drug-likeness (QED) is 0.758. The van der Waals surface area contributed by atoms with Gasteiger partial charge in [0, 0.05) is 12.1 Å². The van der Waals surface area contributed by atoms with Crippen LogP contribution in [0, 0.1) is 0 Å². The first kappa shape index (κ1) is 18.0. The van der Waals surface area contributed by atoms with E-state index in [4.69, 9.17) is 0 Å². The van der Waals surface area contributed by atoms with Gasteiger partial charge in [-0.1, -0.05) is 49.7 Å². The molecule has 25 heavy (non-hydrogen) atoms. The molecular formula is C23H31NO. The predicted octanol–water partition coefficient (Wildman–Crippen LogP) is 5.12. The minimum absolute atomic E-state index is 0.468. The number of aryl methyl sites for hydroxylation is 3. The molecule has 1 heterocycles. The summed E-state index contributed by atoms with van der Waals surface area (Å²) < 4.78 is 0. The molecule has 2 aromatic rings. The van der Waals surface area contributed by atoms with E-state index < -0.39 is 0 Å². The first-order valence-electron chi connectivity index (χ1n) is 9.85. The minimum Gasteiger partial charge on any atom is -0.508 e. The molecule has 0 radical (unpaired) electrons. The van der Waals surface area contributed by atoms with Gasteiger partial charge in [-0.25, -0.2) is 0 Å². The third-order valence-corrected chi connectivity index (χ3v) is 5.35. The van der Waals surface area contributed by atoms with Crippen LogP contribution in [0.1, 0.15) is 54.9 Å². The van der Waals surface area contributed by atoms with Gasteiger partial charge in [0.1, 0.15) is 5.75 Å². The number of benzene rings is 2. The zero-order valence-corrected chi connectivity index (χ0v) is 15.5. The Morgan fingerprint density at radius 3 is 2.16 bits per heavy atom. The average molecular weight is 338 g/mol.